The van der Waals surface area contributed by atoms with E-state index in [9.17, 15) is 4.79 Å². The van der Waals surface area contributed by atoms with E-state index in [4.69, 9.17) is 4.74 Å². The zero-order chi connectivity index (χ0) is 14.7. The van der Waals surface area contributed by atoms with E-state index in [1.54, 1.807) is 6.08 Å². The molecule has 2 atom stereocenters. The molecule has 2 aromatic rings. The third-order valence-corrected chi connectivity index (χ3v) is 3.86. The Labute approximate surface area is 125 Å². The molecule has 0 unspecified atom stereocenters. The van der Waals surface area contributed by atoms with Crippen molar-refractivity contribution in [3.63, 3.8) is 0 Å². The van der Waals surface area contributed by atoms with Gasteiger partial charge in [0, 0.05) is 11.5 Å². The summed E-state index contributed by atoms with van der Waals surface area (Å²) in [5.74, 6) is 1.52. The summed E-state index contributed by atoms with van der Waals surface area (Å²) in [7, 11) is 0. The first-order valence-corrected chi connectivity index (χ1v) is 7.22. The molecule has 0 heterocycles. The number of carbonyl (C=O) groups excluding carboxylic acids is 1. The monoisotopic (exact) mass is 278 g/mol. The zero-order valence-corrected chi connectivity index (χ0v) is 11.9. The minimum atomic E-state index is 0.132. The van der Waals surface area contributed by atoms with Crippen LogP contribution in [0.5, 0.6) is 5.75 Å². The van der Waals surface area contributed by atoms with Gasteiger partial charge in [-0.05, 0) is 42.2 Å². The summed E-state index contributed by atoms with van der Waals surface area (Å²) in [5.41, 5.74) is 2.03. The van der Waals surface area contributed by atoms with Crippen molar-refractivity contribution in [2.75, 3.05) is 6.61 Å². The van der Waals surface area contributed by atoms with Gasteiger partial charge in [-0.2, -0.15) is 0 Å². The molecular formula is C19H18O2. The van der Waals surface area contributed by atoms with Gasteiger partial charge in [-0.25, -0.2) is 0 Å². The van der Waals surface area contributed by atoms with Gasteiger partial charge >= 0.3 is 0 Å². The molecule has 2 heteroatoms. The van der Waals surface area contributed by atoms with Crippen LogP contribution in [0.4, 0.5) is 0 Å². The average Bonchev–Trinajstić information content (AvgIpc) is 3.34. The molecule has 2 aromatic carbocycles. The minimum Gasteiger partial charge on any atom is -0.490 e. The van der Waals surface area contributed by atoms with E-state index in [2.05, 4.69) is 18.7 Å². The second-order valence-electron chi connectivity index (χ2n) is 5.35. The Bertz CT molecular complexity index is 628. The Morgan fingerprint density at radius 1 is 1.14 bits per heavy atom. The summed E-state index contributed by atoms with van der Waals surface area (Å²) in [6, 6.07) is 17.6. The molecule has 3 rings (SSSR count). The predicted octanol–water partition coefficient (Wildman–Crippen LogP) is 4.24. The fourth-order valence-corrected chi connectivity index (χ4v) is 2.64. The Hall–Kier alpha value is -2.35. The normalized spacial score (nSPS) is 19.8. The summed E-state index contributed by atoms with van der Waals surface area (Å²) in [4.78, 5) is 12.5. The first-order chi connectivity index (χ1) is 10.3. The van der Waals surface area contributed by atoms with E-state index in [1.807, 2.05) is 42.5 Å². The molecule has 0 amide bonds. The van der Waals surface area contributed by atoms with E-state index in [-0.39, 0.29) is 11.7 Å². The molecule has 106 valence electrons. The van der Waals surface area contributed by atoms with Gasteiger partial charge < -0.3 is 4.74 Å². The van der Waals surface area contributed by atoms with E-state index in [0.29, 0.717) is 12.5 Å². The maximum Gasteiger partial charge on any atom is 0.166 e. The minimum absolute atomic E-state index is 0.132. The second-order valence-corrected chi connectivity index (χ2v) is 5.35. The number of rotatable bonds is 6. The lowest BCUT2D eigenvalue weighted by atomic mass is 10.0. The number of Topliss-reactive ketones (excluding diaryl/α,β-unsaturated/α-hetero) is 1. The lowest BCUT2D eigenvalue weighted by Crippen LogP contribution is -2.03. The highest BCUT2D eigenvalue weighted by Gasteiger charge is 2.43. The number of hydrogen-bond donors (Lipinski definition) is 0. The molecule has 0 N–H and O–H groups in total. The van der Waals surface area contributed by atoms with Gasteiger partial charge in [-0.3, -0.25) is 4.79 Å². The number of carbonyl (C=O) groups is 1. The molecule has 0 spiro atoms. The van der Waals surface area contributed by atoms with Gasteiger partial charge in [0.05, 0.1) is 0 Å². The van der Waals surface area contributed by atoms with Crippen molar-refractivity contribution in [1.29, 1.82) is 0 Å². The summed E-state index contributed by atoms with van der Waals surface area (Å²) < 4.78 is 5.43. The molecule has 1 aliphatic rings. The average molecular weight is 278 g/mol. The summed E-state index contributed by atoms with van der Waals surface area (Å²) >= 11 is 0. The van der Waals surface area contributed by atoms with Crippen LogP contribution in [0.25, 0.3) is 0 Å². The van der Waals surface area contributed by atoms with Gasteiger partial charge in [0.15, 0.2) is 5.78 Å². The highest BCUT2D eigenvalue weighted by atomic mass is 16.5. The zero-order valence-electron chi connectivity index (χ0n) is 11.9. The molecule has 0 saturated heterocycles. The van der Waals surface area contributed by atoms with Crippen molar-refractivity contribution in [2.45, 2.75) is 12.3 Å². The van der Waals surface area contributed by atoms with E-state index in [0.717, 1.165) is 17.7 Å². The molecule has 1 fully saturated rings. The fraction of sp³-hybridized carbons (Fsp3) is 0.211. The quantitative estimate of drug-likeness (QED) is 0.583. The van der Waals surface area contributed by atoms with E-state index in [1.165, 1.54) is 5.56 Å². The Kier molecular flexibility index (Phi) is 3.87. The third kappa shape index (κ3) is 3.05. The fourth-order valence-electron chi connectivity index (χ4n) is 2.64. The first-order valence-electron chi connectivity index (χ1n) is 7.22. The Morgan fingerprint density at radius 2 is 1.86 bits per heavy atom. The predicted molar refractivity (Wildman–Crippen MR) is 83.8 cm³/mol. The highest BCUT2D eigenvalue weighted by molar-refractivity contribution is 6.00. The molecule has 0 radical (unpaired) electrons. The maximum absolute atomic E-state index is 12.5. The van der Waals surface area contributed by atoms with Crippen molar-refractivity contribution in [2.24, 2.45) is 5.92 Å². The van der Waals surface area contributed by atoms with Crippen LogP contribution in [-0.2, 0) is 0 Å². The van der Waals surface area contributed by atoms with Crippen LogP contribution in [0.15, 0.2) is 67.3 Å². The topological polar surface area (TPSA) is 26.3 Å². The van der Waals surface area contributed by atoms with E-state index >= 15 is 0 Å². The summed E-state index contributed by atoms with van der Waals surface area (Å²) in [6.07, 6.45) is 2.66. The van der Waals surface area contributed by atoms with Crippen LogP contribution in [0, 0.1) is 5.92 Å². The van der Waals surface area contributed by atoms with Crippen LogP contribution >= 0.6 is 0 Å². The van der Waals surface area contributed by atoms with Crippen molar-refractivity contribution in [3.8, 4) is 5.75 Å². The summed E-state index contributed by atoms with van der Waals surface area (Å²) in [6.45, 7) is 4.09. The van der Waals surface area contributed by atoms with Crippen LogP contribution < -0.4 is 4.74 Å². The van der Waals surface area contributed by atoms with Gasteiger partial charge in [0.25, 0.3) is 0 Å². The number of ketones is 1. The van der Waals surface area contributed by atoms with Crippen LogP contribution in [0.3, 0.4) is 0 Å². The van der Waals surface area contributed by atoms with Gasteiger partial charge in [-0.15, -0.1) is 0 Å². The van der Waals surface area contributed by atoms with Crippen molar-refractivity contribution in [3.05, 3.63) is 78.4 Å². The van der Waals surface area contributed by atoms with Gasteiger partial charge in [0.1, 0.15) is 12.4 Å². The van der Waals surface area contributed by atoms with Gasteiger partial charge in [0.2, 0.25) is 0 Å². The molecule has 21 heavy (non-hydrogen) atoms. The summed E-state index contributed by atoms with van der Waals surface area (Å²) in [5, 5.41) is 0. The number of benzene rings is 2. The number of hydrogen-bond acceptors (Lipinski definition) is 2. The van der Waals surface area contributed by atoms with Crippen molar-refractivity contribution < 1.29 is 9.53 Å². The van der Waals surface area contributed by atoms with Crippen molar-refractivity contribution in [1.82, 2.24) is 0 Å². The third-order valence-electron chi connectivity index (χ3n) is 3.86. The van der Waals surface area contributed by atoms with Crippen LogP contribution in [-0.4, -0.2) is 12.4 Å². The lowest BCUT2D eigenvalue weighted by Gasteiger charge is -2.05. The lowest BCUT2D eigenvalue weighted by molar-refractivity contribution is 0.0965. The van der Waals surface area contributed by atoms with E-state index < -0.39 is 0 Å². The maximum atomic E-state index is 12.5. The van der Waals surface area contributed by atoms with Gasteiger partial charge in [-0.1, -0.05) is 43.0 Å². The molecule has 0 aliphatic heterocycles. The molecule has 1 aliphatic carbocycles. The Balaban J connectivity index is 1.65. The van der Waals surface area contributed by atoms with Crippen LogP contribution in [0.2, 0.25) is 0 Å². The molecule has 2 nitrogen and oxygen atoms in total. The molecule has 1 saturated carbocycles. The number of ether oxygens (including phenoxy) is 1. The SMILES string of the molecule is C=CCOc1ccc(C(=O)[C@H]2C[C@@H]2c2ccccc2)cc1. The Morgan fingerprint density at radius 3 is 2.52 bits per heavy atom. The first kappa shape index (κ1) is 13.6. The smallest absolute Gasteiger partial charge is 0.166 e. The second kappa shape index (κ2) is 5.96. The van der Waals surface area contributed by atoms with Crippen LogP contribution in [0.1, 0.15) is 28.3 Å². The largest absolute Gasteiger partial charge is 0.490 e. The molecular weight excluding hydrogens is 260 g/mol. The standard InChI is InChI=1S/C19H18O2/c1-2-12-21-16-10-8-15(9-11-16)19(20)18-13-17(18)14-6-4-3-5-7-14/h2-11,17-18H,1,12-13H2/t17-,18+/m1/s1. The molecule has 0 bridgehead atoms. The van der Waals surface area contributed by atoms with Crippen molar-refractivity contribution >= 4 is 5.78 Å². The highest BCUT2D eigenvalue weighted by Crippen LogP contribution is 2.49. The molecule has 0 aromatic heterocycles.